The molecule has 1 atom stereocenters. The highest BCUT2D eigenvalue weighted by Crippen LogP contribution is 2.22. The molecule has 2 aromatic rings. The topological polar surface area (TPSA) is 61.9 Å². The molecular formula is C26H33N3O3. The first-order chi connectivity index (χ1) is 15.7. The van der Waals surface area contributed by atoms with Crippen molar-refractivity contribution in [1.82, 2.24) is 15.1 Å². The number of nitrogens with one attached hydrogen (secondary N) is 1. The summed E-state index contributed by atoms with van der Waals surface area (Å²) >= 11 is 0. The zero-order chi connectivity index (χ0) is 22.2. The third-order valence-electron chi connectivity index (χ3n) is 6.52. The van der Waals surface area contributed by atoms with Crippen LogP contribution in [0.3, 0.4) is 0 Å². The predicted molar refractivity (Wildman–Crippen MR) is 124 cm³/mol. The van der Waals surface area contributed by atoms with Gasteiger partial charge in [-0.1, -0.05) is 60.7 Å². The number of piperidine rings is 1. The van der Waals surface area contributed by atoms with Gasteiger partial charge in [0.2, 0.25) is 5.91 Å². The van der Waals surface area contributed by atoms with Crippen LogP contribution in [0.25, 0.3) is 0 Å². The van der Waals surface area contributed by atoms with Gasteiger partial charge in [0.05, 0.1) is 0 Å². The number of carbonyl (C=O) groups excluding carboxylic acids is 2. The summed E-state index contributed by atoms with van der Waals surface area (Å²) in [7, 11) is 0. The van der Waals surface area contributed by atoms with Crippen molar-refractivity contribution in [2.75, 3.05) is 26.2 Å². The van der Waals surface area contributed by atoms with Crippen LogP contribution in [0.2, 0.25) is 0 Å². The van der Waals surface area contributed by atoms with E-state index in [9.17, 15) is 9.59 Å². The number of nitrogens with zero attached hydrogens (tertiary/aromatic N) is 2. The first kappa shape index (κ1) is 22.3. The van der Waals surface area contributed by atoms with Crippen LogP contribution in [0.5, 0.6) is 0 Å². The fraction of sp³-hybridized carbons (Fsp3) is 0.462. The highest BCUT2D eigenvalue weighted by atomic mass is 16.5. The van der Waals surface area contributed by atoms with Crippen LogP contribution in [-0.4, -0.2) is 60.1 Å². The van der Waals surface area contributed by atoms with Crippen molar-refractivity contribution in [3.05, 3.63) is 71.8 Å². The number of hydrogen-bond donors (Lipinski definition) is 1. The molecule has 2 amide bonds. The van der Waals surface area contributed by atoms with E-state index in [1.807, 2.05) is 65.6 Å². The van der Waals surface area contributed by atoms with Crippen molar-refractivity contribution < 1.29 is 14.3 Å². The fourth-order valence-corrected chi connectivity index (χ4v) is 4.74. The van der Waals surface area contributed by atoms with E-state index in [-0.39, 0.29) is 12.5 Å². The van der Waals surface area contributed by atoms with Crippen LogP contribution in [0, 0.1) is 0 Å². The molecule has 0 radical (unpaired) electrons. The summed E-state index contributed by atoms with van der Waals surface area (Å²) in [5.74, 6) is -0.0228. The highest BCUT2D eigenvalue weighted by molar-refractivity contribution is 5.86. The molecule has 2 heterocycles. The number of amides is 2. The van der Waals surface area contributed by atoms with Crippen LogP contribution < -0.4 is 5.32 Å². The van der Waals surface area contributed by atoms with Gasteiger partial charge in [0.1, 0.15) is 12.6 Å². The van der Waals surface area contributed by atoms with Gasteiger partial charge in [-0.15, -0.1) is 0 Å². The molecule has 0 aliphatic carbocycles. The number of alkyl carbamates (subject to hydrolysis) is 1. The number of hydrogen-bond acceptors (Lipinski definition) is 4. The van der Waals surface area contributed by atoms with Gasteiger partial charge >= 0.3 is 6.09 Å². The van der Waals surface area contributed by atoms with Crippen molar-refractivity contribution in [3.8, 4) is 0 Å². The van der Waals surface area contributed by atoms with E-state index in [4.69, 9.17) is 4.74 Å². The molecule has 1 N–H and O–H groups in total. The van der Waals surface area contributed by atoms with Crippen molar-refractivity contribution in [3.63, 3.8) is 0 Å². The number of benzene rings is 2. The molecule has 2 saturated heterocycles. The van der Waals surface area contributed by atoms with Crippen LogP contribution in [0.15, 0.2) is 60.7 Å². The van der Waals surface area contributed by atoms with E-state index in [2.05, 4.69) is 10.2 Å². The van der Waals surface area contributed by atoms with Gasteiger partial charge in [0, 0.05) is 25.6 Å². The summed E-state index contributed by atoms with van der Waals surface area (Å²) < 4.78 is 5.39. The number of ether oxygens (including phenoxy) is 1. The van der Waals surface area contributed by atoms with Gasteiger partial charge in [-0.05, 0) is 49.9 Å². The van der Waals surface area contributed by atoms with Crippen LogP contribution in [-0.2, 0) is 22.6 Å². The molecule has 6 nitrogen and oxygen atoms in total. The van der Waals surface area contributed by atoms with Gasteiger partial charge in [-0.2, -0.15) is 0 Å². The van der Waals surface area contributed by atoms with Crippen molar-refractivity contribution in [2.24, 2.45) is 0 Å². The molecule has 32 heavy (non-hydrogen) atoms. The molecule has 2 aliphatic rings. The third-order valence-corrected chi connectivity index (χ3v) is 6.52. The van der Waals surface area contributed by atoms with Crippen molar-refractivity contribution in [1.29, 1.82) is 0 Å². The summed E-state index contributed by atoms with van der Waals surface area (Å²) in [5, 5.41) is 2.84. The first-order valence-corrected chi connectivity index (χ1v) is 11.7. The van der Waals surface area contributed by atoms with E-state index < -0.39 is 12.1 Å². The highest BCUT2D eigenvalue weighted by Gasteiger charge is 2.32. The maximum Gasteiger partial charge on any atom is 0.408 e. The summed E-state index contributed by atoms with van der Waals surface area (Å²) in [6.45, 7) is 4.03. The zero-order valence-corrected chi connectivity index (χ0v) is 18.6. The lowest BCUT2D eigenvalue weighted by Gasteiger charge is -2.38. The van der Waals surface area contributed by atoms with Crippen molar-refractivity contribution in [2.45, 2.75) is 50.8 Å². The minimum absolute atomic E-state index is 0.0228. The SMILES string of the molecule is O=C(NC(Cc1ccccc1)C(=O)N1CCC(N2CCCC2)CC1)OCc1ccccc1. The fourth-order valence-electron chi connectivity index (χ4n) is 4.74. The standard InChI is InChI=1S/C26H33N3O3/c30-25(29-17-13-23(14-18-29)28-15-7-8-16-28)24(19-21-9-3-1-4-10-21)27-26(31)32-20-22-11-5-2-6-12-22/h1-6,9-12,23-24H,7-8,13-20H2,(H,27,31). The third kappa shape index (κ3) is 6.10. The Morgan fingerprint density at radius 1 is 0.875 bits per heavy atom. The van der Waals surface area contributed by atoms with Gasteiger partial charge < -0.3 is 19.9 Å². The largest absolute Gasteiger partial charge is 0.445 e. The Kier molecular flexibility index (Phi) is 7.77. The van der Waals surface area contributed by atoms with Crippen LogP contribution >= 0.6 is 0 Å². The van der Waals surface area contributed by atoms with Gasteiger partial charge in [-0.3, -0.25) is 4.79 Å². The predicted octanol–water partition coefficient (Wildman–Crippen LogP) is 3.61. The molecule has 0 aromatic heterocycles. The quantitative estimate of drug-likeness (QED) is 0.722. The number of likely N-dealkylation sites (tertiary alicyclic amines) is 2. The molecule has 0 spiro atoms. The second-order valence-corrected chi connectivity index (χ2v) is 8.75. The van der Waals surface area contributed by atoms with Crippen molar-refractivity contribution >= 4 is 12.0 Å². The Labute approximate surface area is 190 Å². The summed E-state index contributed by atoms with van der Waals surface area (Å²) in [6, 6.07) is 19.3. The Bertz CT molecular complexity index is 860. The molecule has 1 unspecified atom stereocenters. The average Bonchev–Trinajstić information content (AvgIpc) is 3.38. The van der Waals surface area contributed by atoms with Gasteiger partial charge in [0.15, 0.2) is 0 Å². The van der Waals surface area contributed by atoms with E-state index in [1.54, 1.807) is 0 Å². The number of rotatable bonds is 7. The molecule has 4 rings (SSSR count). The lowest BCUT2D eigenvalue weighted by Crippen LogP contribution is -2.53. The molecule has 0 bridgehead atoms. The molecule has 0 saturated carbocycles. The molecule has 6 heteroatoms. The minimum atomic E-state index is -0.635. The number of carbonyl (C=O) groups is 2. The van der Waals surface area contributed by atoms with Crippen LogP contribution in [0.4, 0.5) is 4.79 Å². The smallest absolute Gasteiger partial charge is 0.408 e. The first-order valence-electron chi connectivity index (χ1n) is 11.7. The van der Waals surface area contributed by atoms with E-state index in [0.29, 0.717) is 12.5 Å². The second-order valence-electron chi connectivity index (χ2n) is 8.75. The maximum atomic E-state index is 13.4. The second kappa shape index (κ2) is 11.1. The molecule has 170 valence electrons. The summed E-state index contributed by atoms with van der Waals surface area (Å²) in [5.41, 5.74) is 1.93. The van der Waals surface area contributed by atoms with Gasteiger partial charge in [0.25, 0.3) is 0 Å². The van der Waals surface area contributed by atoms with E-state index >= 15 is 0 Å². The Hall–Kier alpha value is -2.86. The van der Waals surface area contributed by atoms with E-state index in [0.717, 1.165) is 37.1 Å². The van der Waals surface area contributed by atoms with Crippen LogP contribution in [0.1, 0.15) is 36.8 Å². The van der Waals surface area contributed by atoms with Gasteiger partial charge in [-0.25, -0.2) is 4.79 Å². The minimum Gasteiger partial charge on any atom is -0.445 e. The Morgan fingerprint density at radius 3 is 2.09 bits per heavy atom. The monoisotopic (exact) mass is 435 g/mol. The normalized spacial score (nSPS) is 18.3. The zero-order valence-electron chi connectivity index (χ0n) is 18.6. The maximum absolute atomic E-state index is 13.4. The average molecular weight is 436 g/mol. The molecular weight excluding hydrogens is 402 g/mol. The van der Waals surface area contributed by atoms with E-state index in [1.165, 1.54) is 25.9 Å². The Morgan fingerprint density at radius 2 is 1.47 bits per heavy atom. The molecule has 2 fully saturated rings. The Balaban J connectivity index is 1.36. The molecule has 2 aromatic carbocycles. The lowest BCUT2D eigenvalue weighted by atomic mass is 10.0. The lowest BCUT2D eigenvalue weighted by molar-refractivity contribution is -0.134. The summed E-state index contributed by atoms with van der Waals surface area (Å²) in [4.78, 5) is 30.4. The molecule has 2 aliphatic heterocycles. The summed E-state index contributed by atoms with van der Waals surface area (Å²) in [6.07, 6.45) is 4.46.